The number of quaternary nitrogens is 1. The molecule has 1 unspecified atom stereocenters. The molecular formula is C31H56NO3+. The van der Waals surface area contributed by atoms with Crippen LogP contribution in [0.4, 0.5) is 0 Å². The summed E-state index contributed by atoms with van der Waals surface area (Å²) in [5.41, 5.74) is 1.22. The highest BCUT2D eigenvalue weighted by atomic mass is 16.5. The molecule has 202 valence electrons. The molecule has 35 heavy (non-hydrogen) atoms. The second-order valence-corrected chi connectivity index (χ2v) is 11.1. The standard InChI is InChI=1S/C31H55NO3/c1-4-5-6-7-8-9-10-11-12-13-14-15-16-20-24-30(35-28-29-22-18-17-19-23-29)27-32(2,3)26-21-25-31(33)34/h17-19,22-23,30H,4-16,20-21,24-28H2,1-3H3/p+1. The Labute approximate surface area is 217 Å². The van der Waals surface area contributed by atoms with Gasteiger partial charge >= 0.3 is 5.97 Å². The fourth-order valence-electron chi connectivity index (χ4n) is 4.88. The first kappa shape index (κ1) is 31.6. The zero-order valence-electron chi connectivity index (χ0n) is 23.3. The second kappa shape index (κ2) is 20.8. The van der Waals surface area contributed by atoms with E-state index in [1.54, 1.807) is 0 Å². The van der Waals surface area contributed by atoms with E-state index in [0.29, 0.717) is 13.0 Å². The smallest absolute Gasteiger partial charge is 0.303 e. The van der Waals surface area contributed by atoms with Crippen LogP contribution in [0.2, 0.25) is 0 Å². The number of hydrogen-bond acceptors (Lipinski definition) is 2. The van der Waals surface area contributed by atoms with E-state index in [-0.39, 0.29) is 12.5 Å². The summed E-state index contributed by atoms with van der Waals surface area (Å²) < 4.78 is 7.18. The van der Waals surface area contributed by atoms with Gasteiger partial charge in [-0.05, 0) is 12.0 Å². The predicted octanol–water partition coefficient (Wildman–Crippen LogP) is 8.38. The summed E-state index contributed by atoms with van der Waals surface area (Å²) in [6.07, 6.45) is 21.6. The number of carboxylic acids is 1. The number of aliphatic carboxylic acids is 1. The van der Waals surface area contributed by atoms with E-state index in [9.17, 15) is 4.79 Å². The molecule has 0 saturated heterocycles. The van der Waals surface area contributed by atoms with Gasteiger partial charge < -0.3 is 14.3 Å². The largest absolute Gasteiger partial charge is 0.481 e. The lowest BCUT2D eigenvalue weighted by molar-refractivity contribution is -0.893. The van der Waals surface area contributed by atoms with Gasteiger partial charge in [-0.1, -0.05) is 127 Å². The lowest BCUT2D eigenvalue weighted by Gasteiger charge is -2.33. The summed E-state index contributed by atoms with van der Waals surface area (Å²) in [7, 11) is 4.40. The van der Waals surface area contributed by atoms with Gasteiger partial charge in [0.1, 0.15) is 12.6 Å². The van der Waals surface area contributed by atoms with Gasteiger partial charge in [-0.3, -0.25) is 4.79 Å². The zero-order chi connectivity index (χ0) is 25.6. The van der Waals surface area contributed by atoms with E-state index in [1.165, 1.54) is 95.5 Å². The van der Waals surface area contributed by atoms with Gasteiger partial charge in [-0.15, -0.1) is 0 Å². The number of benzene rings is 1. The number of likely N-dealkylation sites (N-methyl/N-ethyl adjacent to an activating group) is 1. The normalized spacial score (nSPS) is 12.7. The zero-order valence-corrected chi connectivity index (χ0v) is 23.3. The lowest BCUT2D eigenvalue weighted by Crippen LogP contribution is -2.46. The molecule has 0 aliphatic rings. The van der Waals surface area contributed by atoms with Crippen LogP contribution in [0.25, 0.3) is 0 Å². The maximum Gasteiger partial charge on any atom is 0.303 e. The van der Waals surface area contributed by atoms with Crippen molar-refractivity contribution in [3.63, 3.8) is 0 Å². The molecule has 1 atom stereocenters. The third-order valence-electron chi connectivity index (χ3n) is 7.06. The van der Waals surface area contributed by atoms with Crippen molar-refractivity contribution < 1.29 is 19.1 Å². The van der Waals surface area contributed by atoms with Crippen molar-refractivity contribution in [3.05, 3.63) is 35.9 Å². The van der Waals surface area contributed by atoms with Gasteiger partial charge in [0.25, 0.3) is 0 Å². The molecule has 1 aromatic carbocycles. The van der Waals surface area contributed by atoms with Crippen LogP contribution in [0.3, 0.4) is 0 Å². The summed E-state index contributed by atoms with van der Waals surface area (Å²) >= 11 is 0. The van der Waals surface area contributed by atoms with Crippen LogP contribution in [0.5, 0.6) is 0 Å². The molecule has 4 heteroatoms. The van der Waals surface area contributed by atoms with Crippen LogP contribution in [0.15, 0.2) is 30.3 Å². The van der Waals surface area contributed by atoms with E-state index in [1.807, 2.05) is 6.07 Å². The minimum Gasteiger partial charge on any atom is -0.481 e. The third-order valence-corrected chi connectivity index (χ3v) is 7.06. The van der Waals surface area contributed by atoms with Gasteiger partial charge in [0.15, 0.2) is 0 Å². The topological polar surface area (TPSA) is 46.5 Å². The van der Waals surface area contributed by atoms with Crippen LogP contribution >= 0.6 is 0 Å². The van der Waals surface area contributed by atoms with Crippen molar-refractivity contribution in [2.45, 2.75) is 129 Å². The van der Waals surface area contributed by atoms with Crippen LogP contribution in [-0.2, 0) is 16.1 Å². The number of ether oxygens (including phenoxy) is 1. The highest BCUT2D eigenvalue weighted by molar-refractivity contribution is 5.66. The van der Waals surface area contributed by atoms with E-state index in [4.69, 9.17) is 9.84 Å². The number of nitrogens with zero attached hydrogens (tertiary/aromatic N) is 1. The van der Waals surface area contributed by atoms with Crippen LogP contribution in [0, 0.1) is 0 Å². The quantitative estimate of drug-likeness (QED) is 0.117. The number of rotatable bonds is 24. The molecule has 0 heterocycles. The third kappa shape index (κ3) is 19.5. The summed E-state index contributed by atoms with van der Waals surface area (Å²) in [5, 5.41) is 8.97. The van der Waals surface area contributed by atoms with Crippen molar-refractivity contribution in [2.24, 2.45) is 0 Å². The Kier molecular flexibility index (Phi) is 18.8. The molecule has 4 nitrogen and oxygen atoms in total. The molecule has 0 fully saturated rings. The minimum absolute atomic E-state index is 0.215. The molecule has 0 bridgehead atoms. The van der Waals surface area contributed by atoms with Crippen molar-refractivity contribution in [2.75, 3.05) is 27.2 Å². The van der Waals surface area contributed by atoms with Gasteiger partial charge in [0.05, 0.1) is 33.7 Å². The van der Waals surface area contributed by atoms with Gasteiger partial charge in [-0.25, -0.2) is 0 Å². The van der Waals surface area contributed by atoms with E-state index >= 15 is 0 Å². The highest BCUT2D eigenvalue weighted by Gasteiger charge is 2.23. The monoisotopic (exact) mass is 490 g/mol. The minimum atomic E-state index is -0.704. The highest BCUT2D eigenvalue weighted by Crippen LogP contribution is 2.17. The number of carboxylic acid groups (broad SMARTS) is 1. The number of carbonyl (C=O) groups is 1. The first-order valence-electron chi connectivity index (χ1n) is 14.6. The fourth-order valence-corrected chi connectivity index (χ4v) is 4.88. The van der Waals surface area contributed by atoms with E-state index in [0.717, 1.165) is 24.0 Å². The van der Waals surface area contributed by atoms with Gasteiger partial charge in [0.2, 0.25) is 0 Å². The Morgan fingerprint density at radius 2 is 1.31 bits per heavy atom. The van der Waals surface area contributed by atoms with Gasteiger partial charge in [-0.2, -0.15) is 0 Å². The Bertz CT molecular complexity index is 617. The Morgan fingerprint density at radius 3 is 1.83 bits per heavy atom. The van der Waals surface area contributed by atoms with E-state index in [2.05, 4.69) is 45.3 Å². The van der Waals surface area contributed by atoms with Crippen LogP contribution < -0.4 is 0 Å². The molecule has 1 N–H and O–H groups in total. The van der Waals surface area contributed by atoms with Crippen molar-refractivity contribution in [3.8, 4) is 0 Å². The number of unbranched alkanes of at least 4 members (excludes halogenated alkanes) is 13. The van der Waals surface area contributed by atoms with Crippen molar-refractivity contribution in [1.82, 2.24) is 0 Å². The number of hydrogen-bond donors (Lipinski definition) is 1. The van der Waals surface area contributed by atoms with Crippen LogP contribution in [-0.4, -0.2) is 48.8 Å². The molecule has 0 aromatic heterocycles. The summed E-state index contributed by atoms with van der Waals surface area (Å²) in [5.74, 6) is -0.704. The summed E-state index contributed by atoms with van der Waals surface area (Å²) in [4.78, 5) is 10.9. The molecule has 0 spiro atoms. The molecular weight excluding hydrogens is 434 g/mol. The Morgan fingerprint density at radius 1 is 0.800 bits per heavy atom. The molecule has 0 saturated carbocycles. The molecule has 0 radical (unpaired) electrons. The molecule has 0 aliphatic heterocycles. The van der Waals surface area contributed by atoms with E-state index < -0.39 is 5.97 Å². The average Bonchev–Trinajstić information content (AvgIpc) is 2.82. The molecule has 0 amide bonds. The first-order chi connectivity index (χ1) is 16.9. The molecule has 0 aliphatic carbocycles. The lowest BCUT2D eigenvalue weighted by atomic mass is 10.0. The SMILES string of the molecule is CCCCCCCCCCCCCCCCC(C[N+](C)(C)CCCC(=O)O)OCc1ccccc1. The average molecular weight is 491 g/mol. The summed E-state index contributed by atoms with van der Waals surface area (Å²) in [6, 6.07) is 10.4. The summed E-state index contributed by atoms with van der Waals surface area (Å²) in [6.45, 7) is 4.74. The van der Waals surface area contributed by atoms with Crippen molar-refractivity contribution in [1.29, 1.82) is 0 Å². The maximum atomic E-state index is 10.9. The Balaban J connectivity index is 2.22. The predicted molar refractivity (Wildman–Crippen MR) is 149 cm³/mol. The first-order valence-corrected chi connectivity index (χ1v) is 14.6. The fraction of sp³-hybridized carbons (Fsp3) is 0.774. The van der Waals surface area contributed by atoms with Gasteiger partial charge in [0, 0.05) is 6.42 Å². The molecule has 1 rings (SSSR count). The maximum absolute atomic E-state index is 10.9. The van der Waals surface area contributed by atoms with Crippen molar-refractivity contribution >= 4 is 5.97 Å². The molecule has 1 aromatic rings. The Hall–Kier alpha value is -1.39. The van der Waals surface area contributed by atoms with Crippen LogP contribution in [0.1, 0.15) is 122 Å². The second-order valence-electron chi connectivity index (χ2n) is 11.1.